The molecule has 118 valence electrons. The van der Waals surface area contributed by atoms with Gasteiger partial charge < -0.3 is 4.98 Å². The van der Waals surface area contributed by atoms with Crippen molar-refractivity contribution in [2.45, 2.75) is 38.0 Å². The number of aromatic amines is 2. The first-order valence-corrected chi connectivity index (χ1v) is 8.31. The van der Waals surface area contributed by atoms with Crippen LogP contribution in [0, 0.1) is 0 Å². The van der Waals surface area contributed by atoms with Crippen LogP contribution in [-0.4, -0.2) is 20.2 Å². The van der Waals surface area contributed by atoms with Crippen molar-refractivity contribution >= 4 is 22.6 Å². The summed E-state index contributed by atoms with van der Waals surface area (Å²) in [6.45, 7) is 0. The molecule has 0 saturated heterocycles. The van der Waals surface area contributed by atoms with E-state index in [1.165, 1.54) is 12.8 Å². The number of fused-ring (bicyclic) bond motifs is 1. The molecule has 2 N–H and O–H groups in total. The molecule has 0 spiro atoms. The van der Waals surface area contributed by atoms with E-state index in [2.05, 4.69) is 20.2 Å². The molecule has 1 aliphatic carbocycles. The van der Waals surface area contributed by atoms with Crippen molar-refractivity contribution in [1.82, 2.24) is 20.2 Å². The third kappa shape index (κ3) is 2.65. The van der Waals surface area contributed by atoms with Gasteiger partial charge in [-0.3, -0.25) is 9.89 Å². The van der Waals surface area contributed by atoms with Crippen molar-refractivity contribution in [2.24, 2.45) is 0 Å². The molecule has 1 fully saturated rings. The van der Waals surface area contributed by atoms with E-state index < -0.39 is 0 Å². The fourth-order valence-corrected chi connectivity index (χ4v) is 3.58. The molecular formula is C17H17ClN4O. The molecule has 0 bridgehead atoms. The van der Waals surface area contributed by atoms with Gasteiger partial charge in [0.25, 0.3) is 5.56 Å². The lowest BCUT2D eigenvalue weighted by Gasteiger charge is -2.07. The van der Waals surface area contributed by atoms with Crippen LogP contribution in [-0.2, 0) is 6.42 Å². The molecule has 23 heavy (non-hydrogen) atoms. The number of rotatable bonds is 3. The summed E-state index contributed by atoms with van der Waals surface area (Å²) in [7, 11) is 0. The van der Waals surface area contributed by atoms with E-state index in [9.17, 15) is 4.79 Å². The van der Waals surface area contributed by atoms with Crippen LogP contribution in [0.4, 0.5) is 0 Å². The van der Waals surface area contributed by atoms with Crippen molar-refractivity contribution in [3.8, 4) is 0 Å². The molecule has 1 aliphatic rings. The Morgan fingerprint density at radius 3 is 2.74 bits per heavy atom. The molecule has 2 aromatic heterocycles. The van der Waals surface area contributed by atoms with Gasteiger partial charge in [-0.25, -0.2) is 4.98 Å². The number of nitrogens with one attached hydrogen (secondary N) is 2. The maximum atomic E-state index is 12.3. The maximum Gasteiger partial charge on any atom is 0.279 e. The molecule has 1 saturated carbocycles. The second-order valence-electron chi connectivity index (χ2n) is 6.10. The largest absolute Gasteiger partial charge is 0.308 e. The minimum atomic E-state index is -0.197. The van der Waals surface area contributed by atoms with Crippen LogP contribution >= 0.6 is 11.6 Å². The highest BCUT2D eigenvalue weighted by Gasteiger charge is 2.23. The molecular weight excluding hydrogens is 312 g/mol. The molecule has 5 nitrogen and oxygen atoms in total. The van der Waals surface area contributed by atoms with Gasteiger partial charge in [-0.2, -0.15) is 5.10 Å². The van der Waals surface area contributed by atoms with Gasteiger partial charge in [0.05, 0.1) is 5.69 Å². The third-order valence-electron chi connectivity index (χ3n) is 4.57. The molecule has 0 unspecified atom stereocenters. The summed E-state index contributed by atoms with van der Waals surface area (Å²) in [5.41, 5.74) is 2.86. The zero-order valence-electron chi connectivity index (χ0n) is 12.6. The van der Waals surface area contributed by atoms with Crippen LogP contribution < -0.4 is 5.56 Å². The molecule has 0 atom stereocenters. The van der Waals surface area contributed by atoms with E-state index in [1.807, 2.05) is 24.3 Å². The molecule has 0 aliphatic heterocycles. The van der Waals surface area contributed by atoms with E-state index in [0.717, 1.165) is 24.1 Å². The molecule has 4 rings (SSSR count). The van der Waals surface area contributed by atoms with Gasteiger partial charge in [-0.05, 0) is 24.5 Å². The highest BCUT2D eigenvalue weighted by molar-refractivity contribution is 6.31. The Morgan fingerprint density at radius 1 is 1.17 bits per heavy atom. The van der Waals surface area contributed by atoms with Crippen LogP contribution in [0.25, 0.3) is 11.0 Å². The molecule has 1 aromatic carbocycles. The fourth-order valence-electron chi connectivity index (χ4n) is 3.38. The van der Waals surface area contributed by atoms with Crippen LogP contribution in [0.1, 0.15) is 48.7 Å². The zero-order valence-corrected chi connectivity index (χ0v) is 13.4. The molecule has 3 aromatic rings. The predicted octanol–water partition coefficient (Wildman–Crippen LogP) is 3.55. The molecule has 0 radical (unpaired) electrons. The highest BCUT2D eigenvalue weighted by atomic mass is 35.5. The van der Waals surface area contributed by atoms with E-state index in [-0.39, 0.29) is 5.56 Å². The first kappa shape index (κ1) is 14.5. The first-order chi connectivity index (χ1) is 11.2. The Kier molecular flexibility index (Phi) is 3.65. The van der Waals surface area contributed by atoms with Crippen LogP contribution in [0.3, 0.4) is 0 Å². The first-order valence-electron chi connectivity index (χ1n) is 7.93. The van der Waals surface area contributed by atoms with Gasteiger partial charge in [0.15, 0.2) is 5.52 Å². The van der Waals surface area contributed by atoms with E-state index >= 15 is 0 Å². The van der Waals surface area contributed by atoms with Crippen LogP contribution in [0.15, 0.2) is 29.1 Å². The molecule has 6 heteroatoms. The predicted molar refractivity (Wildman–Crippen MR) is 90.0 cm³/mol. The van der Waals surface area contributed by atoms with E-state index in [4.69, 9.17) is 11.6 Å². The lowest BCUT2D eigenvalue weighted by atomic mass is 10.0. The van der Waals surface area contributed by atoms with E-state index in [1.54, 1.807) is 0 Å². The summed E-state index contributed by atoms with van der Waals surface area (Å²) in [6.07, 6.45) is 5.21. The quantitative estimate of drug-likeness (QED) is 0.772. The van der Waals surface area contributed by atoms with Crippen molar-refractivity contribution < 1.29 is 0 Å². The smallest absolute Gasteiger partial charge is 0.279 e. The Bertz CT molecular complexity index is 908. The molecule has 0 amide bonds. The topological polar surface area (TPSA) is 74.4 Å². The minimum Gasteiger partial charge on any atom is -0.308 e. The number of halogens is 1. The Balaban J connectivity index is 1.77. The number of H-pyrrole nitrogens is 2. The zero-order chi connectivity index (χ0) is 15.8. The number of benzene rings is 1. The monoisotopic (exact) mass is 328 g/mol. The van der Waals surface area contributed by atoms with Crippen molar-refractivity contribution in [2.75, 3.05) is 0 Å². The summed E-state index contributed by atoms with van der Waals surface area (Å²) in [5.74, 6) is 1.05. The summed E-state index contributed by atoms with van der Waals surface area (Å²) < 4.78 is 0. The number of nitrogens with zero attached hydrogens (tertiary/aromatic N) is 2. The third-order valence-corrected chi connectivity index (χ3v) is 4.94. The van der Waals surface area contributed by atoms with Gasteiger partial charge in [-0.15, -0.1) is 0 Å². The Hall–Kier alpha value is -2.14. The number of hydrogen-bond acceptors (Lipinski definition) is 3. The summed E-state index contributed by atoms with van der Waals surface area (Å²) >= 11 is 6.21. The number of aromatic nitrogens is 4. The fraction of sp³-hybridized carbons (Fsp3) is 0.353. The van der Waals surface area contributed by atoms with Crippen LogP contribution in [0.2, 0.25) is 5.02 Å². The SMILES string of the molecule is O=c1[nH]c(Cc2ccccc2Cl)nc2c(C3CCCC3)[nH]nc12. The summed E-state index contributed by atoms with van der Waals surface area (Å²) in [4.78, 5) is 19.8. The Morgan fingerprint density at radius 2 is 1.96 bits per heavy atom. The maximum absolute atomic E-state index is 12.3. The van der Waals surface area contributed by atoms with Gasteiger partial charge >= 0.3 is 0 Å². The van der Waals surface area contributed by atoms with Gasteiger partial charge in [0.1, 0.15) is 11.3 Å². The van der Waals surface area contributed by atoms with Gasteiger partial charge in [-0.1, -0.05) is 42.6 Å². The standard InChI is InChI=1S/C17H17ClN4O/c18-12-8-4-3-7-11(12)9-13-19-15-14(10-5-1-2-6-10)21-22-16(15)17(23)20-13/h3-4,7-8,10H,1-2,5-6,9H2,(H,21,22)(H,19,20,23). The van der Waals surface area contributed by atoms with Crippen molar-refractivity contribution in [1.29, 1.82) is 0 Å². The van der Waals surface area contributed by atoms with Crippen molar-refractivity contribution in [3.63, 3.8) is 0 Å². The average Bonchev–Trinajstić information content (AvgIpc) is 3.18. The number of hydrogen-bond donors (Lipinski definition) is 2. The lowest BCUT2D eigenvalue weighted by molar-refractivity contribution is 0.696. The van der Waals surface area contributed by atoms with Gasteiger partial charge in [0, 0.05) is 17.4 Å². The average molecular weight is 329 g/mol. The normalized spacial score (nSPS) is 15.5. The van der Waals surface area contributed by atoms with E-state index in [0.29, 0.717) is 34.2 Å². The van der Waals surface area contributed by atoms with Crippen LogP contribution in [0.5, 0.6) is 0 Å². The highest BCUT2D eigenvalue weighted by Crippen LogP contribution is 2.35. The second kappa shape index (κ2) is 5.81. The second-order valence-corrected chi connectivity index (χ2v) is 6.50. The lowest BCUT2D eigenvalue weighted by Crippen LogP contribution is -2.12. The summed E-state index contributed by atoms with van der Waals surface area (Å²) in [5, 5.41) is 7.89. The minimum absolute atomic E-state index is 0.197. The summed E-state index contributed by atoms with van der Waals surface area (Å²) in [6, 6.07) is 7.61. The van der Waals surface area contributed by atoms with Gasteiger partial charge in [0.2, 0.25) is 0 Å². The van der Waals surface area contributed by atoms with Crippen molar-refractivity contribution in [3.05, 3.63) is 56.7 Å². The molecule has 2 heterocycles. The Labute approximate surface area is 138 Å².